The number of aromatic nitrogens is 2. The Morgan fingerprint density at radius 3 is 2.73 bits per heavy atom. The van der Waals surface area contributed by atoms with Crippen LogP contribution in [0.25, 0.3) is 5.57 Å². The molecule has 7 nitrogen and oxygen atoms in total. The number of nitrogens with zero attached hydrogens (tertiary/aromatic N) is 5. The van der Waals surface area contributed by atoms with Gasteiger partial charge in [-0.05, 0) is 43.7 Å². The third kappa shape index (κ3) is 4.84. The van der Waals surface area contributed by atoms with E-state index < -0.39 is 0 Å². The SMILES string of the molecule is Cc1ccc(Cl)cc1N1CCN(C(=O)CCc2nc(C3=CCN(C)CC3)no2)CC1. The van der Waals surface area contributed by atoms with Gasteiger partial charge in [-0.25, -0.2) is 0 Å². The first kappa shape index (κ1) is 20.9. The van der Waals surface area contributed by atoms with E-state index >= 15 is 0 Å². The molecule has 2 aliphatic heterocycles. The summed E-state index contributed by atoms with van der Waals surface area (Å²) in [5, 5.41) is 4.84. The quantitative estimate of drug-likeness (QED) is 0.727. The largest absolute Gasteiger partial charge is 0.368 e. The Bertz CT molecular complexity index is 933. The minimum absolute atomic E-state index is 0.135. The number of halogens is 1. The third-order valence-corrected chi connectivity index (χ3v) is 6.10. The molecule has 0 bridgehead atoms. The van der Waals surface area contributed by atoms with Crippen LogP contribution in [0.15, 0.2) is 28.8 Å². The lowest BCUT2D eigenvalue weighted by Gasteiger charge is -2.37. The molecule has 1 aromatic heterocycles. The number of piperazine rings is 1. The van der Waals surface area contributed by atoms with Crippen molar-refractivity contribution < 1.29 is 9.32 Å². The molecule has 0 aliphatic carbocycles. The minimum Gasteiger partial charge on any atom is -0.368 e. The van der Waals surface area contributed by atoms with E-state index in [-0.39, 0.29) is 5.91 Å². The fourth-order valence-corrected chi connectivity index (χ4v) is 4.12. The number of hydrogen-bond donors (Lipinski definition) is 0. The van der Waals surface area contributed by atoms with E-state index in [4.69, 9.17) is 16.1 Å². The zero-order chi connectivity index (χ0) is 21.1. The van der Waals surface area contributed by atoms with E-state index in [2.05, 4.69) is 40.0 Å². The van der Waals surface area contributed by atoms with Crippen molar-refractivity contribution in [2.45, 2.75) is 26.2 Å². The second kappa shape index (κ2) is 9.18. The van der Waals surface area contributed by atoms with Gasteiger partial charge < -0.3 is 19.2 Å². The predicted octanol–water partition coefficient (Wildman–Crippen LogP) is 3.03. The lowest BCUT2D eigenvalue weighted by Crippen LogP contribution is -2.49. The molecule has 0 atom stereocenters. The van der Waals surface area contributed by atoms with Crippen LogP contribution in [0.2, 0.25) is 5.02 Å². The van der Waals surface area contributed by atoms with Crippen LogP contribution in [0, 0.1) is 6.92 Å². The monoisotopic (exact) mass is 429 g/mol. The van der Waals surface area contributed by atoms with Crippen molar-refractivity contribution in [3.05, 3.63) is 46.6 Å². The molecular weight excluding hydrogens is 402 g/mol. The van der Waals surface area contributed by atoms with Crippen LogP contribution in [0.3, 0.4) is 0 Å². The zero-order valence-corrected chi connectivity index (χ0v) is 18.4. The smallest absolute Gasteiger partial charge is 0.227 e. The fraction of sp³-hybridized carbons (Fsp3) is 0.500. The van der Waals surface area contributed by atoms with E-state index in [1.165, 1.54) is 5.56 Å². The van der Waals surface area contributed by atoms with Crippen molar-refractivity contribution in [1.29, 1.82) is 0 Å². The van der Waals surface area contributed by atoms with Crippen LogP contribution in [0.1, 0.15) is 30.1 Å². The molecule has 0 saturated carbocycles. The number of aryl methyl sites for hydroxylation is 2. The second-order valence-corrected chi connectivity index (χ2v) is 8.49. The standard InChI is InChI=1S/C22H28ClN5O2/c1-16-3-4-18(23)15-19(16)27-11-13-28(14-12-27)21(29)6-5-20-24-22(25-30-20)17-7-9-26(2)10-8-17/h3-4,7,15H,5-6,8-14H2,1-2H3. The first-order valence-electron chi connectivity index (χ1n) is 10.5. The van der Waals surface area contributed by atoms with Crippen LogP contribution in [-0.2, 0) is 11.2 Å². The Morgan fingerprint density at radius 1 is 1.20 bits per heavy atom. The van der Waals surface area contributed by atoms with Crippen LogP contribution >= 0.6 is 11.6 Å². The number of benzene rings is 1. The topological polar surface area (TPSA) is 65.7 Å². The molecule has 0 unspecified atom stereocenters. The molecule has 1 saturated heterocycles. The van der Waals surface area contributed by atoms with Gasteiger partial charge in [0.25, 0.3) is 0 Å². The third-order valence-electron chi connectivity index (χ3n) is 5.86. The van der Waals surface area contributed by atoms with Crippen molar-refractivity contribution in [2.24, 2.45) is 0 Å². The first-order chi connectivity index (χ1) is 14.5. The molecule has 1 fully saturated rings. The van der Waals surface area contributed by atoms with E-state index in [0.717, 1.165) is 48.9 Å². The van der Waals surface area contributed by atoms with Crippen molar-refractivity contribution >= 4 is 28.8 Å². The molecule has 2 aromatic rings. The number of likely N-dealkylation sites (N-methyl/N-ethyl adjacent to an activating group) is 1. The average molecular weight is 430 g/mol. The van der Waals surface area contributed by atoms with E-state index in [0.29, 0.717) is 37.6 Å². The Kier molecular flexibility index (Phi) is 6.39. The highest BCUT2D eigenvalue weighted by Crippen LogP contribution is 2.25. The molecule has 0 spiro atoms. The normalized spacial score (nSPS) is 17.9. The van der Waals surface area contributed by atoms with Crippen LogP contribution in [0.4, 0.5) is 5.69 Å². The molecule has 0 N–H and O–H groups in total. The van der Waals surface area contributed by atoms with Gasteiger partial charge in [0.05, 0.1) is 0 Å². The van der Waals surface area contributed by atoms with Gasteiger partial charge in [0.15, 0.2) is 5.82 Å². The Balaban J connectivity index is 1.27. The summed E-state index contributed by atoms with van der Waals surface area (Å²) in [5.74, 6) is 1.33. The lowest BCUT2D eigenvalue weighted by molar-refractivity contribution is -0.131. The summed E-state index contributed by atoms with van der Waals surface area (Å²) < 4.78 is 5.37. The number of anilines is 1. The van der Waals surface area contributed by atoms with Crippen molar-refractivity contribution in [3.63, 3.8) is 0 Å². The number of carbonyl (C=O) groups excluding carboxylic acids is 1. The van der Waals surface area contributed by atoms with Gasteiger partial charge in [-0.3, -0.25) is 4.79 Å². The maximum atomic E-state index is 12.7. The average Bonchev–Trinajstić information content (AvgIpc) is 3.23. The molecule has 1 amide bonds. The number of amides is 1. The summed E-state index contributed by atoms with van der Waals surface area (Å²) in [6, 6.07) is 5.95. The highest BCUT2D eigenvalue weighted by atomic mass is 35.5. The van der Waals surface area contributed by atoms with Gasteiger partial charge in [0.1, 0.15) is 0 Å². The molecule has 8 heteroatoms. The van der Waals surface area contributed by atoms with Gasteiger partial charge in [0, 0.05) is 62.8 Å². The van der Waals surface area contributed by atoms with E-state index in [9.17, 15) is 4.79 Å². The van der Waals surface area contributed by atoms with Gasteiger partial charge in [-0.2, -0.15) is 4.98 Å². The predicted molar refractivity (Wildman–Crippen MR) is 118 cm³/mol. The maximum absolute atomic E-state index is 12.7. The number of hydrogen-bond acceptors (Lipinski definition) is 6. The fourth-order valence-electron chi connectivity index (χ4n) is 3.95. The Hall–Kier alpha value is -2.38. The summed E-state index contributed by atoms with van der Waals surface area (Å²) in [6.45, 7) is 7.01. The van der Waals surface area contributed by atoms with Gasteiger partial charge in [0.2, 0.25) is 11.8 Å². The van der Waals surface area contributed by atoms with Gasteiger partial charge in [-0.15, -0.1) is 0 Å². The summed E-state index contributed by atoms with van der Waals surface area (Å²) >= 11 is 6.16. The summed E-state index contributed by atoms with van der Waals surface area (Å²) in [6.07, 6.45) is 3.93. The van der Waals surface area contributed by atoms with Gasteiger partial charge in [-0.1, -0.05) is 28.9 Å². The maximum Gasteiger partial charge on any atom is 0.227 e. The van der Waals surface area contributed by atoms with Crippen molar-refractivity contribution in [1.82, 2.24) is 19.9 Å². The molecule has 0 radical (unpaired) electrons. The summed E-state index contributed by atoms with van der Waals surface area (Å²) in [5.41, 5.74) is 3.48. The summed E-state index contributed by atoms with van der Waals surface area (Å²) in [7, 11) is 2.09. The molecule has 2 aliphatic rings. The van der Waals surface area contributed by atoms with Crippen LogP contribution in [0.5, 0.6) is 0 Å². The molecule has 4 rings (SSSR count). The van der Waals surface area contributed by atoms with Crippen molar-refractivity contribution in [2.75, 3.05) is 51.2 Å². The van der Waals surface area contributed by atoms with Crippen LogP contribution in [-0.4, -0.2) is 72.2 Å². The Morgan fingerprint density at radius 2 is 2.00 bits per heavy atom. The highest BCUT2D eigenvalue weighted by Gasteiger charge is 2.23. The van der Waals surface area contributed by atoms with E-state index in [1.807, 2.05) is 23.1 Å². The second-order valence-electron chi connectivity index (χ2n) is 8.05. The number of carbonyl (C=O) groups is 1. The van der Waals surface area contributed by atoms with E-state index in [1.54, 1.807) is 0 Å². The lowest BCUT2D eigenvalue weighted by atomic mass is 10.1. The van der Waals surface area contributed by atoms with Gasteiger partial charge >= 0.3 is 0 Å². The molecular formula is C22H28ClN5O2. The minimum atomic E-state index is 0.135. The molecule has 160 valence electrons. The zero-order valence-electron chi connectivity index (χ0n) is 17.6. The molecule has 30 heavy (non-hydrogen) atoms. The summed E-state index contributed by atoms with van der Waals surface area (Å²) in [4.78, 5) is 23.6. The molecule has 3 heterocycles. The van der Waals surface area contributed by atoms with Crippen LogP contribution < -0.4 is 4.90 Å². The molecule has 1 aromatic carbocycles. The van der Waals surface area contributed by atoms with Crippen molar-refractivity contribution in [3.8, 4) is 0 Å². The first-order valence-corrected chi connectivity index (χ1v) is 10.9. The number of rotatable bonds is 5. The Labute approximate surface area is 182 Å². The highest BCUT2D eigenvalue weighted by molar-refractivity contribution is 6.30.